The number of rotatable bonds is 2. The lowest BCUT2D eigenvalue weighted by molar-refractivity contribution is -0.122. The van der Waals surface area contributed by atoms with Crippen LogP contribution in [0.25, 0.3) is 6.08 Å². The third-order valence-electron chi connectivity index (χ3n) is 2.13. The van der Waals surface area contributed by atoms with Gasteiger partial charge in [-0.3, -0.25) is 9.69 Å². The van der Waals surface area contributed by atoms with Crippen molar-refractivity contribution >= 4 is 18.0 Å². The van der Waals surface area contributed by atoms with E-state index in [0.717, 1.165) is 10.5 Å². The van der Waals surface area contributed by atoms with Gasteiger partial charge in [-0.05, 0) is 19.1 Å². The maximum Gasteiger partial charge on any atom is 0.328 e. The molecule has 1 N–H and O–H groups in total. The van der Waals surface area contributed by atoms with E-state index in [1.54, 1.807) is 19.1 Å². The van der Waals surface area contributed by atoms with Crippen molar-refractivity contribution in [3.8, 4) is 0 Å². The van der Waals surface area contributed by atoms with Gasteiger partial charge in [-0.15, -0.1) is 0 Å². The first-order valence-corrected chi connectivity index (χ1v) is 4.59. The lowest BCUT2D eigenvalue weighted by atomic mass is 10.2. The van der Waals surface area contributed by atoms with Gasteiger partial charge in [0.15, 0.2) is 0 Å². The van der Waals surface area contributed by atoms with E-state index >= 15 is 0 Å². The summed E-state index contributed by atoms with van der Waals surface area (Å²) in [5, 5.41) is 2.50. The lowest BCUT2D eigenvalue weighted by Crippen LogP contribution is -2.30. The first kappa shape index (κ1) is 9.51. The second-order valence-corrected chi connectivity index (χ2v) is 3.09. The Morgan fingerprint density at radius 3 is 2.87 bits per heavy atom. The molecular weight excluding hydrogens is 196 g/mol. The number of imide groups is 1. The van der Waals surface area contributed by atoms with Crippen LogP contribution in [0.4, 0.5) is 4.79 Å². The second kappa shape index (κ2) is 3.61. The number of hydrogen-bond donors (Lipinski definition) is 1. The Balaban J connectivity index is 2.26. The summed E-state index contributed by atoms with van der Waals surface area (Å²) in [6, 6.07) is 1.33. The molecule has 0 spiro atoms. The Bertz CT molecular complexity index is 420. The first-order chi connectivity index (χ1) is 7.22. The summed E-state index contributed by atoms with van der Waals surface area (Å²) in [5.41, 5.74) is 1.03. The molecule has 15 heavy (non-hydrogen) atoms. The molecule has 0 bridgehead atoms. The SMILES string of the molecule is CCN1C(=O)N/C(=C/c2ccoc2)C1=O. The van der Waals surface area contributed by atoms with Gasteiger partial charge in [0.2, 0.25) is 0 Å². The maximum absolute atomic E-state index is 11.6. The number of nitrogens with zero attached hydrogens (tertiary/aromatic N) is 1. The van der Waals surface area contributed by atoms with Crippen LogP contribution >= 0.6 is 0 Å². The zero-order valence-electron chi connectivity index (χ0n) is 8.19. The van der Waals surface area contributed by atoms with Crippen molar-refractivity contribution in [3.63, 3.8) is 0 Å². The molecule has 5 nitrogen and oxygen atoms in total. The molecule has 0 unspecified atom stereocenters. The third-order valence-corrected chi connectivity index (χ3v) is 2.13. The molecule has 5 heteroatoms. The predicted molar refractivity (Wildman–Crippen MR) is 52.6 cm³/mol. The molecule has 1 fully saturated rings. The minimum Gasteiger partial charge on any atom is -0.472 e. The van der Waals surface area contributed by atoms with Crippen molar-refractivity contribution < 1.29 is 14.0 Å². The van der Waals surface area contributed by atoms with Crippen LogP contribution in [0.5, 0.6) is 0 Å². The Hall–Kier alpha value is -2.04. The van der Waals surface area contributed by atoms with Crippen LogP contribution in [0.3, 0.4) is 0 Å². The summed E-state index contributed by atoms with van der Waals surface area (Å²) in [5.74, 6) is -0.302. The standard InChI is InChI=1S/C10H10N2O3/c1-2-12-9(13)8(11-10(12)14)5-7-3-4-15-6-7/h3-6H,2H2,1H3,(H,11,14)/b8-5+. The van der Waals surface area contributed by atoms with Crippen molar-refractivity contribution in [2.75, 3.05) is 6.54 Å². The van der Waals surface area contributed by atoms with Gasteiger partial charge in [-0.2, -0.15) is 0 Å². The van der Waals surface area contributed by atoms with Crippen molar-refractivity contribution in [1.29, 1.82) is 0 Å². The van der Waals surface area contributed by atoms with Crippen molar-refractivity contribution in [3.05, 3.63) is 29.9 Å². The lowest BCUT2D eigenvalue weighted by Gasteiger charge is -2.05. The molecule has 1 aromatic rings. The molecule has 78 valence electrons. The molecule has 0 saturated carbocycles. The van der Waals surface area contributed by atoms with Crippen molar-refractivity contribution in [2.45, 2.75) is 6.92 Å². The highest BCUT2D eigenvalue weighted by Crippen LogP contribution is 2.13. The van der Waals surface area contributed by atoms with E-state index in [9.17, 15) is 9.59 Å². The smallest absolute Gasteiger partial charge is 0.328 e. The van der Waals surface area contributed by atoms with Crippen LogP contribution in [0.1, 0.15) is 12.5 Å². The molecule has 0 atom stereocenters. The fourth-order valence-corrected chi connectivity index (χ4v) is 1.38. The highest BCUT2D eigenvalue weighted by atomic mass is 16.3. The quantitative estimate of drug-likeness (QED) is 0.584. The number of urea groups is 1. The summed E-state index contributed by atoms with van der Waals surface area (Å²) >= 11 is 0. The van der Waals surface area contributed by atoms with Gasteiger partial charge in [0.25, 0.3) is 5.91 Å². The molecule has 1 aliphatic rings. The van der Waals surface area contributed by atoms with E-state index in [-0.39, 0.29) is 17.6 Å². The van der Waals surface area contributed by atoms with Gasteiger partial charge in [-0.1, -0.05) is 0 Å². The summed E-state index contributed by atoms with van der Waals surface area (Å²) < 4.78 is 4.86. The topological polar surface area (TPSA) is 62.6 Å². The van der Waals surface area contributed by atoms with Crippen LogP contribution in [0.15, 0.2) is 28.7 Å². The van der Waals surface area contributed by atoms with Crippen LogP contribution < -0.4 is 5.32 Å². The largest absolute Gasteiger partial charge is 0.472 e. The monoisotopic (exact) mass is 206 g/mol. The van der Waals surface area contributed by atoms with E-state index in [1.807, 2.05) is 0 Å². The highest BCUT2D eigenvalue weighted by molar-refractivity contribution is 6.13. The molecular formula is C10H10N2O3. The fraction of sp³-hybridized carbons (Fsp3) is 0.200. The minimum atomic E-state index is -0.378. The molecule has 3 amide bonds. The van der Waals surface area contributed by atoms with E-state index in [2.05, 4.69) is 5.32 Å². The molecule has 0 radical (unpaired) electrons. The van der Waals surface area contributed by atoms with Crippen LogP contribution in [0.2, 0.25) is 0 Å². The molecule has 2 heterocycles. The summed E-state index contributed by atoms with van der Waals surface area (Å²) in [6.07, 6.45) is 4.59. The van der Waals surface area contributed by atoms with Crippen molar-refractivity contribution in [1.82, 2.24) is 10.2 Å². The zero-order chi connectivity index (χ0) is 10.8. The number of amides is 3. The second-order valence-electron chi connectivity index (χ2n) is 3.09. The summed E-state index contributed by atoms with van der Waals surface area (Å²) in [6.45, 7) is 2.12. The molecule has 1 aliphatic heterocycles. The zero-order valence-corrected chi connectivity index (χ0v) is 8.19. The number of likely N-dealkylation sites (N-methyl/N-ethyl adjacent to an activating group) is 1. The van der Waals surface area contributed by atoms with Crippen molar-refractivity contribution in [2.24, 2.45) is 0 Å². The van der Waals surface area contributed by atoms with Gasteiger partial charge in [0.05, 0.1) is 12.5 Å². The first-order valence-electron chi connectivity index (χ1n) is 4.59. The summed E-state index contributed by atoms with van der Waals surface area (Å²) in [4.78, 5) is 24.0. The van der Waals surface area contributed by atoms with Crippen LogP contribution in [0, 0.1) is 0 Å². The van der Waals surface area contributed by atoms with E-state index in [0.29, 0.717) is 6.54 Å². The van der Waals surface area contributed by atoms with E-state index in [1.165, 1.54) is 12.5 Å². The normalized spacial score (nSPS) is 18.7. The Labute approximate surface area is 86.4 Å². The van der Waals surface area contributed by atoms with Gasteiger partial charge in [0.1, 0.15) is 5.70 Å². The van der Waals surface area contributed by atoms with Gasteiger partial charge in [-0.25, -0.2) is 4.79 Å². The van der Waals surface area contributed by atoms with Gasteiger partial charge >= 0.3 is 6.03 Å². The number of nitrogens with one attached hydrogen (secondary N) is 1. The number of carbonyl (C=O) groups excluding carboxylic acids is 2. The maximum atomic E-state index is 11.6. The molecule has 0 aromatic carbocycles. The highest BCUT2D eigenvalue weighted by Gasteiger charge is 2.31. The Morgan fingerprint density at radius 2 is 2.33 bits per heavy atom. The third kappa shape index (κ3) is 1.63. The Morgan fingerprint density at radius 1 is 1.53 bits per heavy atom. The van der Waals surface area contributed by atoms with E-state index in [4.69, 9.17) is 4.42 Å². The number of hydrogen-bond acceptors (Lipinski definition) is 3. The predicted octanol–water partition coefficient (Wildman–Crippen LogP) is 1.19. The average molecular weight is 206 g/mol. The van der Waals surface area contributed by atoms with Crippen LogP contribution in [-0.2, 0) is 4.79 Å². The van der Waals surface area contributed by atoms with Crippen LogP contribution in [-0.4, -0.2) is 23.4 Å². The molecule has 2 rings (SSSR count). The molecule has 0 aliphatic carbocycles. The van der Waals surface area contributed by atoms with Gasteiger partial charge < -0.3 is 9.73 Å². The summed E-state index contributed by atoms with van der Waals surface area (Å²) in [7, 11) is 0. The number of furan rings is 1. The molecule has 1 saturated heterocycles. The number of carbonyl (C=O) groups is 2. The van der Waals surface area contributed by atoms with Gasteiger partial charge in [0, 0.05) is 12.1 Å². The average Bonchev–Trinajstić information content (AvgIpc) is 2.78. The molecule has 1 aromatic heterocycles. The van der Waals surface area contributed by atoms with E-state index < -0.39 is 0 Å². The Kier molecular flexibility index (Phi) is 2.29. The minimum absolute atomic E-state index is 0.281. The fourth-order valence-electron chi connectivity index (χ4n) is 1.38.